The lowest BCUT2D eigenvalue weighted by Gasteiger charge is -2.22. The van der Waals surface area contributed by atoms with Gasteiger partial charge in [-0.2, -0.15) is 8.75 Å². The van der Waals surface area contributed by atoms with Crippen LogP contribution in [0.25, 0.3) is 110 Å². The van der Waals surface area contributed by atoms with Crippen LogP contribution in [-0.4, -0.2) is 17.9 Å². The fraction of sp³-hybridized carbons (Fsp3) is 0.0566. The van der Waals surface area contributed by atoms with Crippen LogP contribution in [0.5, 0.6) is 0 Å². The highest BCUT2D eigenvalue weighted by molar-refractivity contribution is 7.00. The van der Waals surface area contributed by atoms with Gasteiger partial charge in [-0.05, 0) is 86.3 Å². The Hall–Kier alpha value is -7.08. The van der Waals surface area contributed by atoms with Gasteiger partial charge in [0.05, 0.1) is 33.8 Å². The normalized spacial score (nSPS) is 13.5. The van der Waals surface area contributed by atoms with Gasteiger partial charge in [-0.3, -0.25) is 0 Å². The molecule has 3 aromatic heterocycles. The number of hydrogen-bond acceptors (Lipinski definition) is 3. The standard InChI is InChI=1S/C53H34N4S/c1-53(2)44-19-8-5-14-36(44)37-27-26-34(29-45(37)53)57-46-20-9-6-15-38(46)39-17-11-18-40(52(39)57)43-30-48-49(51-50(43)54-58-55-51)41-16-7-10-21-47(41)56(48)33-25-24-32-23-22-31-12-3-4-13-35(31)42(32)28-33/h3-30H,1-2H3. The predicted molar refractivity (Wildman–Crippen MR) is 244 cm³/mol. The van der Waals surface area contributed by atoms with Gasteiger partial charge in [-0.25, -0.2) is 0 Å². The molecule has 0 radical (unpaired) electrons. The van der Waals surface area contributed by atoms with E-state index < -0.39 is 0 Å². The molecule has 0 unspecified atom stereocenters. The molecule has 0 spiro atoms. The van der Waals surface area contributed by atoms with Crippen molar-refractivity contribution in [2.24, 2.45) is 0 Å². The van der Waals surface area contributed by atoms with Crippen LogP contribution in [0.2, 0.25) is 0 Å². The molecule has 5 heteroatoms. The molecule has 272 valence electrons. The van der Waals surface area contributed by atoms with Crippen molar-refractivity contribution in [2.45, 2.75) is 19.3 Å². The van der Waals surface area contributed by atoms with Crippen LogP contribution in [0.3, 0.4) is 0 Å². The molecule has 0 saturated heterocycles. The van der Waals surface area contributed by atoms with Crippen molar-refractivity contribution in [1.82, 2.24) is 17.9 Å². The van der Waals surface area contributed by atoms with Crippen molar-refractivity contribution in [3.63, 3.8) is 0 Å². The first kappa shape index (κ1) is 32.1. The lowest BCUT2D eigenvalue weighted by molar-refractivity contribution is 0.660. The number of hydrogen-bond donors (Lipinski definition) is 0. The summed E-state index contributed by atoms with van der Waals surface area (Å²) in [5.74, 6) is 0. The highest BCUT2D eigenvalue weighted by Gasteiger charge is 2.35. The summed E-state index contributed by atoms with van der Waals surface area (Å²) in [4.78, 5) is 0. The molecule has 0 fully saturated rings. The molecule has 0 aliphatic heterocycles. The van der Waals surface area contributed by atoms with E-state index in [9.17, 15) is 0 Å². The fourth-order valence-electron chi connectivity index (χ4n) is 10.3. The molecule has 1 aliphatic carbocycles. The van der Waals surface area contributed by atoms with Gasteiger partial charge in [-0.15, -0.1) is 0 Å². The minimum atomic E-state index is -0.116. The number of aromatic nitrogens is 4. The van der Waals surface area contributed by atoms with Crippen molar-refractivity contribution in [2.75, 3.05) is 0 Å². The maximum Gasteiger partial charge on any atom is 0.115 e. The number of para-hydroxylation sites is 3. The molecule has 0 bridgehead atoms. The van der Waals surface area contributed by atoms with Crippen molar-refractivity contribution in [3.8, 4) is 33.6 Å². The Morgan fingerprint density at radius 1 is 0.414 bits per heavy atom. The van der Waals surface area contributed by atoms with Gasteiger partial charge in [0.25, 0.3) is 0 Å². The monoisotopic (exact) mass is 758 g/mol. The van der Waals surface area contributed by atoms with Crippen molar-refractivity contribution >= 4 is 87.9 Å². The van der Waals surface area contributed by atoms with Crippen molar-refractivity contribution in [1.29, 1.82) is 0 Å². The fourth-order valence-corrected chi connectivity index (χ4v) is 10.9. The Balaban J connectivity index is 1.12. The second kappa shape index (κ2) is 11.5. The molecule has 1 aliphatic rings. The summed E-state index contributed by atoms with van der Waals surface area (Å²) in [6.45, 7) is 4.72. The van der Waals surface area contributed by atoms with Crippen molar-refractivity contribution < 1.29 is 0 Å². The highest BCUT2D eigenvalue weighted by atomic mass is 32.1. The van der Waals surface area contributed by atoms with Gasteiger partial charge in [0, 0.05) is 49.5 Å². The Kier molecular flexibility index (Phi) is 6.36. The lowest BCUT2D eigenvalue weighted by atomic mass is 9.82. The topological polar surface area (TPSA) is 35.6 Å². The highest BCUT2D eigenvalue weighted by Crippen LogP contribution is 2.50. The average Bonchev–Trinajstić information content (AvgIpc) is 4.03. The number of nitrogens with zero attached hydrogens (tertiary/aromatic N) is 4. The number of rotatable bonds is 3. The van der Waals surface area contributed by atoms with E-state index >= 15 is 0 Å². The summed E-state index contributed by atoms with van der Waals surface area (Å²) in [6.07, 6.45) is 0. The molecule has 12 aromatic rings. The molecular formula is C53H34N4S. The van der Waals surface area contributed by atoms with E-state index in [-0.39, 0.29) is 5.41 Å². The van der Waals surface area contributed by atoms with Gasteiger partial charge < -0.3 is 9.13 Å². The summed E-state index contributed by atoms with van der Waals surface area (Å²) < 4.78 is 15.1. The lowest BCUT2D eigenvalue weighted by Crippen LogP contribution is -2.15. The predicted octanol–water partition coefficient (Wildman–Crippen LogP) is 14.2. The van der Waals surface area contributed by atoms with E-state index in [1.54, 1.807) is 0 Å². The summed E-state index contributed by atoms with van der Waals surface area (Å²) in [7, 11) is 0. The third kappa shape index (κ3) is 4.18. The summed E-state index contributed by atoms with van der Waals surface area (Å²) in [5, 5.41) is 9.73. The zero-order chi connectivity index (χ0) is 38.3. The summed E-state index contributed by atoms with van der Waals surface area (Å²) in [6, 6.07) is 62.7. The SMILES string of the molecule is CC1(C)c2ccccc2-c2ccc(-n3c4ccccc4c4cccc(-c5cc6c(c7ccccc7n6-c6ccc7ccc8ccccc8c7c6)c6nsnc56)c43)cc21. The van der Waals surface area contributed by atoms with Crippen LogP contribution < -0.4 is 0 Å². The van der Waals surface area contributed by atoms with E-state index in [4.69, 9.17) is 8.75 Å². The maximum atomic E-state index is 5.07. The van der Waals surface area contributed by atoms with E-state index in [0.717, 1.165) is 50.0 Å². The Labute approximate surface area is 338 Å². The van der Waals surface area contributed by atoms with E-state index in [1.807, 2.05) is 0 Å². The van der Waals surface area contributed by atoms with Gasteiger partial charge in [0.15, 0.2) is 0 Å². The van der Waals surface area contributed by atoms with E-state index in [0.29, 0.717) is 0 Å². The third-order valence-electron chi connectivity index (χ3n) is 13.0. The van der Waals surface area contributed by atoms with Crippen LogP contribution in [0, 0.1) is 0 Å². The molecule has 0 amide bonds. The molecular weight excluding hydrogens is 725 g/mol. The molecule has 0 N–H and O–H groups in total. The zero-order valence-corrected chi connectivity index (χ0v) is 32.7. The molecule has 13 rings (SSSR count). The van der Waals surface area contributed by atoms with Crippen LogP contribution in [0.15, 0.2) is 170 Å². The average molecular weight is 759 g/mol. The van der Waals surface area contributed by atoms with Crippen LogP contribution in [0.1, 0.15) is 25.0 Å². The molecule has 4 nitrogen and oxygen atoms in total. The first-order valence-corrected chi connectivity index (χ1v) is 20.7. The minimum absolute atomic E-state index is 0.116. The Bertz CT molecular complexity index is 3730. The molecule has 3 heterocycles. The summed E-state index contributed by atoms with van der Waals surface area (Å²) >= 11 is 1.30. The first-order chi connectivity index (χ1) is 28.5. The molecule has 0 atom stereocenters. The van der Waals surface area contributed by atoms with E-state index in [1.165, 1.54) is 82.7 Å². The van der Waals surface area contributed by atoms with Gasteiger partial charge >= 0.3 is 0 Å². The van der Waals surface area contributed by atoms with Crippen molar-refractivity contribution in [3.05, 3.63) is 181 Å². The first-order valence-electron chi connectivity index (χ1n) is 19.9. The van der Waals surface area contributed by atoms with Gasteiger partial charge in [0.2, 0.25) is 0 Å². The number of fused-ring (bicyclic) bond motifs is 14. The Morgan fingerprint density at radius 3 is 1.91 bits per heavy atom. The molecule has 0 saturated carbocycles. The minimum Gasteiger partial charge on any atom is -0.309 e. The third-order valence-corrected chi connectivity index (χ3v) is 13.5. The van der Waals surface area contributed by atoms with Crippen LogP contribution >= 0.6 is 11.7 Å². The second-order valence-electron chi connectivity index (χ2n) is 16.3. The Morgan fingerprint density at radius 2 is 1.03 bits per heavy atom. The van der Waals surface area contributed by atoms with Crippen LogP contribution in [0.4, 0.5) is 0 Å². The maximum absolute atomic E-state index is 5.07. The van der Waals surface area contributed by atoms with Crippen LogP contribution in [-0.2, 0) is 5.41 Å². The second-order valence-corrected chi connectivity index (χ2v) is 16.8. The van der Waals surface area contributed by atoms with Gasteiger partial charge in [0.1, 0.15) is 11.0 Å². The summed E-state index contributed by atoms with van der Waals surface area (Å²) in [5.41, 5.74) is 16.3. The smallest absolute Gasteiger partial charge is 0.115 e. The quantitative estimate of drug-likeness (QED) is 0.168. The largest absolute Gasteiger partial charge is 0.309 e. The molecule has 9 aromatic carbocycles. The molecule has 58 heavy (non-hydrogen) atoms. The van der Waals surface area contributed by atoms with E-state index in [2.05, 4.69) is 193 Å². The van der Waals surface area contributed by atoms with Gasteiger partial charge in [-0.1, -0.05) is 141 Å². The zero-order valence-electron chi connectivity index (χ0n) is 31.9. The number of benzene rings is 9.